The zero-order valence-corrected chi connectivity index (χ0v) is 40.6. The Morgan fingerprint density at radius 1 is 0.758 bits per heavy atom. The fraction of sp³-hybridized carbons (Fsp3) is 0.643. The summed E-state index contributed by atoms with van der Waals surface area (Å²) in [5.41, 5.74) is 5.58. The van der Waals surface area contributed by atoms with Crippen LogP contribution in [0.15, 0.2) is 60.2 Å². The molecule has 0 spiro atoms. The van der Waals surface area contributed by atoms with Crippen LogP contribution in [0, 0.1) is 58.2 Å². The van der Waals surface area contributed by atoms with Crippen molar-refractivity contribution in [3.63, 3.8) is 0 Å². The highest BCUT2D eigenvalue weighted by Gasteiger charge is 2.59. The topological polar surface area (TPSA) is 123 Å². The Hall–Kier alpha value is -4.46. The van der Waals surface area contributed by atoms with Gasteiger partial charge >= 0.3 is 5.97 Å². The first-order valence-corrected chi connectivity index (χ1v) is 25.4. The van der Waals surface area contributed by atoms with Crippen molar-refractivity contribution in [1.29, 1.82) is 0 Å². The van der Waals surface area contributed by atoms with Gasteiger partial charge in [0.2, 0.25) is 17.7 Å². The van der Waals surface area contributed by atoms with Crippen molar-refractivity contribution < 1.29 is 33.4 Å². The first kappa shape index (κ1) is 49.4. The number of nitrogens with one attached hydrogen (secondary N) is 2. The Labute approximate surface area is 395 Å². The normalized spacial score (nSPS) is 26.7. The van der Waals surface area contributed by atoms with Gasteiger partial charge in [0.1, 0.15) is 6.10 Å². The smallest absolute Gasteiger partial charge is 0.306 e. The fourth-order valence-corrected chi connectivity index (χ4v) is 12.8. The second-order valence-electron chi connectivity index (χ2n) is 21.0. The molecule has 5 aliphatic rings. The maximum absolute atomic E-state index is 13.4. The highest BCUT2D eigenvalue weighted by molar-refractivity contribution is 5.97. The van der Waals surface area contributed by atoms with E-state index in [9.17, 15) is 19.2 Å². The Balaban J connectivity index is 0.714. The summed E-state index contributed by atoms with van der Waals surface area (Å²) in [6.07, 6.45) is 16.3. The van der Waals surface area contributed by atoms with Crippen LogP contribution in [0.3, 0.4) is 0 Å². The molecule has 4 aliphatic carbocycles. The molecule has 0 radical (unpaired) electrons. The molecule has 66 heavy (non-hydrogen) atoms. The molecule has 358 valence electrons. The molecular weight excluding hydrogens is 827 g/mol. The predicted molar refractivity (Wildman–Crippen MR) is 259 cm³/mol. The van der Waals surface area contributed by atoms with Gasteiger partial charge < -0.3 is 29.7 Å². The molecule has 7 rings (SSSR count). The van der Waals surface area contributed by atoms with Crippen molar-refractivity contribution in [2.24, 2.45) is 46.3 Å². The van der Waals surface area contributed by atoms with E-state index in [-0.39, 0.29) is 60.9 Å². The Kier molecular flexibility index (Phi) is 17.3. The number of hydrogen-bond acceptors (Lipinski definition) is 7. The number of fused-ring (bicyclic) bond motifs is 7. The summed E-state index contributed by atoms with van der Waals surface area (Å²) in [6.45, 7) is 14.8. The van der Waals surface area contributed by atoms with Crippen LogP contribution < -0.4 is 15.5 Å². The molecule has 1 unspecified atom stereocenters. The molecule has 3 saturated carbocycles. The van der Waals surface area contributed by atoms with Crippen LogP contribution in [0.1, 0.15) is 148 Å². The van der Waals surface area contributed by atoms with Crippen molar-refractivity contribution in [3.05, 3.63) is 76.9 Å². The van der Waals surface area contributed by atoms with Gasteiger partial charge in [-0.15, -0.1) is 0 Å². The van der Waals surface area contributed by atoms with Crippen molar-refractivity contribution in [2.75, 3.05) is 44.4 Å². The third-order valence-corrected chi connectivity index (χ3v) is 16.4. The minimum Gasteiger partial charge on any atom is -0.462 e. The SMILES string of the molecule is CC(C)CCC[C@@H](C)[C@H]1CC[C@H]2[C@@H]3CC=C4CC(OC(=O)CCC(=O)NCCOCCOCCNC(=O)CCC(=O)N5Cc6ccccc6C#Cc6ccccc65)CC[C@]4(C)[C@H]3CC[C@]12C. The van der Waals surface area contributed by atoms with Crippen molar-refractivity contribution in [2.45, 2.75) is 144 Å². The summed E-state index contributed by atoms with van der Waals surface area (Å²) in [7, 11) is 0. The monoisotopic (exact) mass is 904 g/mol. The third kappa shape index (κ3) is 12.2. The van der Waals surface area contributed by atoms with E-state index in [2.05, 4.69) is 63.2 Å². The standard InChI is InChI=1S/C56H77N3O7/c1-39(2)11-10-12-40(3)47-21-22-48-46-20-19-44-37-45(27-29-55(44,4)49(46)28-30-56(47,48)5)66-54(63)26-24-52(61)58-32-34-65-36-35-64-33-31-57-51(60)23-25-53(62)59-38-43-15-7-6-13-41(43)17-18-42-14-8-9-16-50(42)59/h6-9,13-16,19,39-40,45-49H,10-12,20-38H2,1-5H3,(H,57,60)(H,58,61)/t40-,45?,46+,47-,48+,49+,55+,56-/m1/s1. The summed E-state index contributed by atoms with van der Waals surface area (Å²) >= 11 is 0. The van der Waals surface area contributed by atoms with Gasteiger partial charge in [0.15, 0.2) is 0 Å². The summed E-state index contributed by atoms with van der Waals surface area (Å²) in [6, 6.07) is 15.4. The van der Waals surface area contributed by atoms with Crippen LogP contribution in [0.25, 0.3) is 0 Å². The molecule has 0 aromatic heterocycles. The second-order valence-corrected chi connectivity index (χ2v) is 21.0. The predicted octanol–water partition coefficient (Wildman–Crippen LogP) is 9.71. The highest BCUT2D eigenvalue weighted by Crippen LogP contribution is 2.67. The number of esters is 1. The molecule has 1 heterocycles. The third-order valence-electron chi connectivity index (χ3n) is 16.4. The van der Waals surface area contributed by atoms with E-state index >= 15 is 0 Å². The lowest BCUT2D eigenvalue weighted by molar-refractivity contribution is -0.152. The second kappa shape index (κ2) is 23.0. The molecular formula is C56H77N3O7. The Morgan fingerprint density at radius 3 is 2.18 bits per heavy atom. The van der Waals surface area contributed by atoms with Crippen molar-refractivity contribution >= 4 is 29.4 Å². The van der Waals surface area contributed by atoms with Gasteiger partial charge in [-0.3, -0.25) is 19.2 Å². The molecule has 0 bridgehead atoms. The first-order chi connectivity index (χ1) is 31.9. The van der Waals surface area contributed by atoms with Gasteiger partial charge in [0.25, 0.3) is 0 Å². The van der Waals surface area contributed by atoms with Crippen molar-refractivity contribution in [3.8, 4) is 11.8 Å². The molecule has 1 aliphatic heterocycles. The molecule has 0 saturated heterocycles. The van der Waals surface area contributed by atoms with Crippen LogP contribution in [0.5, 0.6) is 0 Å². The van der Waals surface area contributed by atoms with E-state index in [1.807, 2.05) is 48.5 Å². The minimum atomic E-state index is -0.296. The maximum Gasteiger partial charge on any atom is 0.306 e. The van der Waals surface area contributed by atoms with Crippen molar-refractivity contribution in [1.82, 2.24) is 10.6 Å². The van der Waals surface area contributed by atoms with Crippen LogP contribution in [-0.4, -0.2) is 69.3 Å². The van der Waals surface area contributed by atoms with E-state index < -0.39 is 0 Å². The molecule has 10 nitrogen and oxygen atoms in total. The summed E-state index contributed by atoms with van der Waals surface area (Å²) < 4.78 is 17.2. The number of nitrogens with zero attached hydrogens (tertiary/aromatic N) is 1. The lowest BCUT2D eigenvalue weighted by Gasteiger charge is -2.58. The Bertz CT molecular complexity index is 2100. The molecule has 10 heteroatoms. The van der Waals surface area contributed by atoms with Gasteiger partial charge in [-0.25, -0.2) is 0 Å². The molecule has 3 fully saturated rings. The zero-order chi connectivity index (χ0) is 46.7. The summed E-state index contributed by atoms with van der Waals surface area (Å²) in [4.78, 5) is 53.1. The molecule has 2 N–H and O–H groups in total. The lowest BCUT2D eigenvalue weighted by atomic mass is 9.47. The van der Waals surface area contributed by atoms with E-state index in [0.717, 1.165) is 77.1 Å². The lowest BCUT2D eigenvalue weighted by Crippen LogP contribution is -2.51. The van der Waals surface area contributed by atoms with Gasteiger partial charge in [0, 0.05) is 49.9 Å². The number of allylic oxidation sites excluding steroid dienone is 1. The van der Waals surface area contributed by atoms with Gasteiger partial charge in [0.05, 0.1) is 45.1 Å². The first-order valence-electron chi connectivity index (χ1n) is 25.4. The van der Waals surface area contributed by atoms with Crippen LogP contribution in [0.4, 0.5) is 5.69 Å². The van der Waals surface area contributed by atoms with Crippen LogP contribution >= 0.6 is 0 Å². The zero-order valence-electron chi connectivity index (χ0n) is 40.6. The number of rotatable bonds is 21. The van der Waals surface area contributed by atoms with E-state index in [1.54, 1.807) is 4.90 Å². The number of anilines is 1. The van der Waals surface area contributed by atoms with Gasteiger partial charge in [-0.05, 0) is 115 Å². The number of carbonyl (C=O) groups is 4. The van der Waals surface area contributed by atoms with Crippen LogP contribution in [0.2, 0.25) is 0 Å². The quantitative estimate of drug-likeness (QED) is 0.0554. The molecule has 2 aromatic carbocycles. The molecule has 8 atom stereocenters. The average molecular weight is 904 g/mol. The number of amides is 3. The fourth-order valence-electron chi connectivity index (χ4n) is 12.8. The van der Waals surface area contributed by atoms with E-state index in [4.69, 9.17) is 14.2 Å². The van der Waals surface area contributed by atoms with E-state index in [1.165, 1.54) is 56.9 Å². The average Bonchev–Trinajstić information content (AvgIpc) is 3.66. The van der Waals surface area contributed by atoms with Gasteiger partial charge in [-0.2, -0.15) is 0 Å². The number of para-hydroxylation sites is 1. The summed E-state index contributed by atoms with van der Waals surface area (Å²) in [5, 5.41) is 5.65. The maximum atomic E-state index is 13.4. The summed E-state index contributed by atoms with van der Waals surface area (Å²) in [5.74, 6) is 10.4. The number of carbonyl (C=O) groups excluding carboxylic acids is 4. The number of hydrogen-bond donors (Lipinski definition) is 2. The Morgan fingerprint density at radius 2 is 1.44 bits per heavy atom. The van der Waals surface area contributed by atoms with Gasteiger partial charge in [-0.1, -0.05) is 108 Å². The molecule has 3 amide bonds. The van der Waals surface area contributed by atoms with Crippen LogP contribution in [-0.2, 0) is 39.9 Å². The number of ether oxygens (including phenoxy) is 3. The molecule has 2 aromatic rings. The number of benzene rings is 2. The largest absolute Gasteiger partial charge is 0.462 e. The van der Waals surface area contributed by atoms with E-state index in [0.29, 0.717) is 51.5 Å². The minimum absolute atomic E-state index is 0.0684. The highest BCUT2D eigenvalue weighted by atomic mass is 16.5.